The lowest BCUT2D eigenvalue weighted by Gasteiger charge is -2.68. The first-order valence-corrected chi connectivity index (χ1v) is 6.88. The monoisotopic (exact) mass is 206 g/mol. The molecule has 0 radical (unpaired) electrons. The highest BCUT2D eigenvalue weighted by Gasteiger charge is 2.61. The molecule has 4 fully saturated rings. The topological polar surface area (TPSA) is 0 Å². The molecule has 0 nitrogen and oxygen atoms in total. The Morgan fingerprint density at radius 1 is 0.933 bits per heavy atom. The molecule has 0 aromatic carbocycles. The van der Waals surface area contributed by atoms with Gasteiger partial charge in [-0.2, -0.15) is 0 Å². The normalized spacial score (nSPS) is 62.4. The van der Waals surface area contributed by atoms with Crippen molar-refractivity contribution in [1.29, 1.82) is 0 Å². The molecule has 4 rings (SSSR count). The zero-order valence-electron chi connectivity index (χ0n) is 10.9. The maximum absolute atomic E-state index is 2.60. The number of hydrogen-bond acceptors (Lipinski definition) is 0. The van der Waals surface area contributed by atoms with Crippen LogP contribution in [0.4, 0.5) is 0 Å². The van der Waals surface area contributed by atoms with E-state index in [1.54, 1.807) is 0 Å². The Bertz CT molecular complexity index is 272. The fourth-order valence-corrected chi connectivity index (χ4v) is 6.74. The van der Waals surface area contributed by atoms with E-state index in [1.807, 2.05) is 0 Å². The van der Waals surface area contributed by atoms with Crippen molar-refractivity contribution in [1.82, 2.24) is 0 Å². The lowest BCUT2D eigenvalue weighted by Crippen LogP contribution is -2.58. The molecule has 4 bridgehead atoms. The van der Waals surface area contributed by atoms with Gasteiger partial charge in [-0.15, -0.1) is 0 Å². The zero-order chi connectivity index (χ0) is 10.9. The third-order valence-corrected chi connectivity index (χ3v) is 5.93. The van der Waals surface area contributed by atoms with E-state index < -0.39 is 0 Å². The molecule has 3 unspecified atom stereocenters. The molecule has 86 valence electrons. The highest BCUT2D eigenvalue weighted by molar-refractivity contribution is 5.11. The van der Waals surface area contributed by atoms with Crippen molar-refractivity contribution in [3.63, 3.8) is 0 Å². The molecule has 0 saturated heterocycles. The highest BCUT2D eigenvalue weighted by atomic mass is 14.7. The summed E-state index contributed by atoms with van der Waals surface area (Å²) in [5.74, 6) is 2.10. The number of hydrogen-bond donors (Lipinski definition) is 0. The molecule has 0 spiro atoms. The van der Waals surface area contributed by atoms with Gasteiger partial charge in [-0.3, -0.25) is 0 Å². The van der Waals surface area contributed by atoms with Gasteiger partial charge in [0, 0.05) is 0 Å². The maximum atomic E-state index is 2.60. The SMILES string of the molecule is CCC1C2CC3(C)CC(C)(C2)CC1(C)C3. The van der Waals surface area contributed by atoms with Crippen LogP contribution in [-0.2, 0) is 0 Å². The maximum Gasteiger partial charge on any atom is -0.0285 e. The Morgan fingerprint density at radius 3 is 1.87 bits per heavy atom. The molecule has 0 amide bonds. The molecule has 0 aromatic rings. The smallest absolute Gasteiger partial charge is 0.0285 e. The fraction of sp³-hybridized carbons (Fsp3) is 1.00. The summed E-state index contributed by atoms with van der Waals surface area (Å²) in [5.41, 5.74) is 2.10. The minimum Gasteiger partial charge on any atom is -0.0651 e. The molecule has 15 heavy (non-hydrogen) atoms. The molecule has 4 aliphatic carbocycles. The Kier molecular flexibility index (Phi) is 1.78. The van der Waals surface area contributed by atoms with E-state index in [1.165, 1.54) is 38.5 Å². The van der Waals surface area contributed by atoms with Crippen LogP contribution in [0.2, 0.25) is 0 Å². The van der Waals surface area contributed by atoms with Crippen molar-refractivity contribution in [3.05, 3.63) is 0 Å². The predicted molar refractivity (Wildman–Crippen MR) is 64.7 cm³/mol. The zero-order valence-corrected chi connectivity index (χ0v) is 10.9. The van der Waals surface area contributed by atoms with Gasteiger partial charge < -0.3 is 0 Å². The van der Waals surface area contributed by atoms with Crippen LogP contribution >= 0.6 is 0 Å². The minimum atomic E-state index is 0.692. The second-order valence-corrected chi connectivity index (χ2v) is 7.99. The van der Waals surface area contributed by atoms with E-state index in [9.17, 15) is 0 Å². The van der Waals surface area contributed by atoms with Crippen molar-refractivity contribution in [3.8, 4) is 0 Å². The fourth-order valence-electron chi connectivity index (χ4n) is 6.74. The van der Waals surface area contributed by atoms with Crippen molar-refractivity contribution in [2.75, 3.05) is 0 Å². The van der Waals surface area contributed by atoms with E-state index in [2.05, 4.69) is 27.7 Å². The second kappa shape index (κ2) is 2.63. The van der Waals surface area contributed by atoms with E-state index in [4.69, 9.17) is 0 Å². The van der Waals surface area contributed by atoms with Gasteiger partial charge in [0.2, 0.25) is 0 Å². The minimum absolute atomic E-state index is 0.692. The van der Waals surface area contributed by atoms with Gasteiger partial charge in [-0.25, -0.2) is 0 Å². The summed E-state index contributed by atoms with van der Waals surface area (Å²) in [6.45, 7) is 10.2. The lowest BCUT2D eigenvalue weighted by atomic mass is 9.37. The average Bonchev–Trinajstić information content (AvgIpc) is 1.95. The van der Waals surface area contributed by atoms with Gasteiger partial charge in [0.1, 0.15) is 0 Å². The third-order valence-electron chi connectivity index (χ3n) is 5.93. The molecular weight excluding hydrogens is 180 g/mol. The molecule has 0 heterocycles. The van der Waals surface area contributed by atoms with Crippen LogP contribution in [0.3, 0.4) is 0 Å². The van der Waals surface area contributed by atoms with Crippen molar-refractivity contribution in [2.45, 2.75) is 66.2 Å². The Hall–Kier alpha value is 0. The largest absolute Gasteiger partial charge is 0.0651 e. The predicted octanol–water partition coefficient (Wildman–Crippen LogP) is 4.64. The van der Waals surface area contributed by atoms with Crippen LogP contribution in [0.25, 0.3) is 0 Å². The third kappa shape index (κ3) is 1.26. The van der Waals surface area contributed by atoms with Crippen molar-refractivity contribution >= 4 is 0 Å². The van der Waals surface area contributed by atoms with Crippen LogP contribution in [0.15, 0.2) is 0 Å². The molecule has 3 atom stereocenters. The van der Waals surface area contributed by atoms with E-state index in [0.29, 0.717) is 16.2 Å². The quantitative estimate of drug-likeness (QED) is 0.586. The van der Waals surface area contributed by atoms with Crippen LogP contribution < -0.4 is 0 Å². The van der Waals surface area contributed by atoms with Crippen LogP contribution in [0.5, 0.6) is 0 Å². The molecule has 4 saturated carbocycles. The van der Waals surface area contributed by atoms with Gasteiger partial charge in [-0.05, 0) is 60.2 Å². The molecule has 4 aliphatic rings. The van der Waals surface area contributed by atoms with Crippen LogP contribution in [0.1, 0.15) is 66.2 Å². The molecule has 0 aliphatic heterocycles. The van der Waals surface area contributed by atoms with Crippen molar-refractivity contribution in [2.24, 2.45) is 28.1 Å². The summed E-state index contributed by atoms with van der Waals surface area (Å²) in [7, 11) is 0. The summed E-state index contributed by atoms with van der Waals surface area (Å²) in [4.78, 5) is 0. The van der Waals surface area contributed by atoms with Crippen molar-refractivity contribution < 1.29 is 0 Å². The lowest BCUT2D eigenvalue weighted by molar-refractivity contribution is -0.178. The molecule has 0 heteroatoms. The Morgan fingerprint density at radius 2 is 1.47 bits per heavy atom. The summed E-state index contributed by atoms with van der Waals surface area (Å²) in [5, 5.41) is 0. The number of rotatable bonds is 1. The van der Waals surface area contributed by atoms with E-state index in [0.717, 1.165) is 11.8 Å². The Labute approximate surface area is 94.8 Å². The second-order valence-electron chi connectivity index (χ2n) is 7.99. The van der Waals surface area contributed by atoms with E-state index >= 15 is 0 Å². The van der Waals surface area contributed by atoms with Gasteiger partial charge in [0.25, 0.3) is 0 Å². The highest BCUT2D eigenvalue weighted by Crippen LogP contribution is 2.71. The summed E-state index contributed by atoms with van der Waals surface area (Å²) in [6.07, 6.45) is 9.05. The van der Waals surface area contributed by atoms with Gasteiger partial charge >= 0.3 is 0 Å². The van der Waals surface area contributed by atoms with E-state index in [-0.39, 0.29) is 0 Å². The first-order valence-electron chi connectivity index (χ1n) is 6.88. The first kappa shape index (κ1) is 10.2. The van der Waals surface area contributed by atoms with Gasteiger partial charge in [-0.1, -0.05) is 34.1 Å². The summed E-state index contributed by atoms with van der Waals surface area (Å²) in [6, 6.07) is 0. The van der Waals surface area contributed by atoms with Gasteiger partial charge in [0.05, 0.1) is 0 Å². The Balaban J connectivity index is 2.02. The summed E-state index contributed by atoms with van der Waals surface area (Å²) >= 11 is 0. The summed E-state index contributed by atoms with van der Waals surface area (Å²) < 4.78 is 0. The first-order chi connectivity index (χ1) is 6.88. The average molecular weight is 206 g/mol. The van der Waals surface area contributed by atoms with Gasteiger partial charge in [0.15, 0.2) is 0 Å². The molecule has 0 aromatic heterocycles. The standard InChI is InChI=1S/C15H26/c1-5-12-11-6-13(2)8-14(3,7-11)10-15(12,4)9-13/h11-12H,5-10H2,1-4H3. The molecular formula is C15H26. The van der Waals surface area contributed by atoms with Crippen LogP contribution in [0, 0.1) is 28.1 Å². The molecule has 0 N–H and O–H groups in total. The van der Waals surface area contributed by atoms with Crippen LogP contribution in [-0.4, -0.2) is 0 Å².